The third-order valence-electron chi connectivity index (χ3n) is 2.20. The number of hydrogen-bond donors (Lipinski definition) is 1. The Balaban J connectivity index is 4.24. The van der Waals surface area contributed by atoms with Crippen molar-refractivity contribution >= 4 is 5.71 Å². The van der Waals surface area contributed by atoms with Gasteiger partial charge in [-0.15, -0.1) is 0 Å². The molecule has 14 heavy (non-hydrogen) atoms. The van der Waals surface area contributed by atoms with Gasteiger partial charge in [0.25, 0.3) is 0 Å². The van der Waals surface area contributed by atoms with Crippen LogP contribution in [0.5, 0.6) is 0 Å². The molecule has 0 bridgehead atoms. The normalized spacial score (nSPS) is 11.9. The standard InChI is InChI=1S/C13H23N/c1-6-7-11(4)13(14)12(5)9-8-10(2)3/h9-10,14H,4,6-8H2,1-3,5H3/b12-9-,14-13?. The number of nitrogens with one attached hydrogen (secondary N) is 1. The van der Waals surface area contributed by atoms with Crippen molar-refractivity contribution in [3.63, 3.8) is 0 Å². The monoisotopic (exact) mass is 193 g/mol. The van der Waals surface area contributed by atoms with Gasteiger partial charge in [0.05, 0.1) is 5.71 Å². The lowest BCUT2D eigenvalue weighted by Gasteiger charge is -2.07. The van der Waals surface area contributed by atoms with Crippen LogP contribution in [0.1, 0.15) is 47.0 Å². The lowest BCUT2D eigenvalue weighted by atomic mass is 9.99. The van der Waals surface area contributed by atoms with Crippen molar-refractivity contribution in [1.82, 2.24) is 0 Å². The molecule has 0 aliphatic rings. The van der Waals surface area contributed by atoms with Gasteiger partial charge in [-0.3, -0.25) is 0 Å². The zero-order valence-electron chi connectivity index (χ0n) is 9.98. The van der Waals surface area contributed by atoms with Crippen LogP contribution in [0.25, 0.3) is 0 Å². The predicted octanol–water partition coefficient (Wildman–Crippen LogP) is 4.35. The lowest BCUT2D eigenvalue weighted by Crippen LogP contribution is -2.02. The molecule has 0 unspecified atom stereocenters. The fourth-order valence-electron chi connectivity index (χ4n) is 1.22. The molecule has 0 heterocycles. The molecule has 0 spiro atoms. The van der Waals surface area contributed by atoms with Crippen molar-refractivity contribution < 1.29 is 0 Å². The van der Waals surface area contributed by atoms with E-state index in [1.807, 2.05) is 6.92 Å². The van der Waals surface area contributed by atoms with Gasteiger partial charge in [-0.1, -0.05) is 39.8 Å². The van der Waals surface area contributed by atoms with Crippen molar-refractivity contribution in [2.24, 2.45) is 5.92 Å². The molecule has 80 valence electrons. The third-order valence-corrected chi connectivity index (χ3v) is 2.20. The van der Waals surface area contributed by atoms with Crippen LogP contribution in [0, 0.1) is 11.3 Å². The number of hydrogen-bond acceptors (Lipinski definition) is 1. The van der Waals surface area contributed by atoms with Crippen molar-refractivity contribution in [2.45, 2.75) is 47.0 Å². The van der Waals surface area contributed by atoms with E-state index in [4.69, 9.17) is 5.41 Å². The van der Waals surface area contributed by atoms with E-state index in [2.05, 4.69) is 33.4 Å². The van der Waals surface area contributed by atoms with Gasteiger partial charge in [-0.25, -0.2) is 0 Å². The van der Waals surface area contributed by atoms with Crippen LogP contribution < -0.4 is 0 Å². The van der Waals surface area contributed by atoms with Crippen molar-refractivity contribution in [2.75, 3.05) is 0 Å². The summed E-state index contributed by atoms with van der Waals surface area (Å²) < 4.78 is 0. The summed E-state index contributed by atoms with van der Waals surface area (Å²) in [6.45, 7) is 12.4. The molecule has 0 saturated carbocycles. The molecule has 1 nitrogen and oxygen atoms in total. The summed E-state index contributed by atoms with van der Waals surface area (Å²) in [4.78, 5) is 0. The van der Waals surface area contributed by atoms with Crippen LogP contribution in [0.4, 0.5) is 0 Å². The van der Waals surface area contributed by atoms with Gasteiger partial charge in [0.15, 0.2) is 0 Å². The van der Waals surface area contributed by atoms with E-state index in [-0.39, 0.29) is 0 Å². The maximum Gasteiger partial charge on any atom is 0.0591 e. The van der Waals surface area contributed by atoms with Crippen LogP contribution in [0.3, 0.4) is 0 Å². The van der Waals surface area contributed by atoms with Crippen molar-refractivity contribution in [3.05, 3.63) is 23.8 Å². The molecule has 0 rings (SSSR count). The Morgan fingerprint density at radius 3 is 2.43 bits per heavy atom. The fourth-order valence-corrected chi connectivity index (χ4v) is 1.22. The summed E-state index contributed by atoms with van der Waals surface area (Å²) in [5.41, 5.74) is 2.66. The van der Waals surface area contributed by atoms with Crippen molar-refractivity contribution in [1.29, 1.82) is 5.41 Å². The van der Waals surface area contributed by atoms with Crippen LogP contribution >= 0.6 is 0 Å². The van der Waals surface area contributed by atoms with Crippen molar-refractivity contribution in [3.8, 4) is 0 Å². The fraction of sp³-hybridized carbons (Fsp3) is 0.615. The van der Waals surface area contributed by atoms with E-state index < -0.39 is 0 Å². The summed E-state index contributed by atoms with van der Waals surface area (Å²) >= 11 is 0. The highest BCUT2D eigenvalue weighted by Crippen LogP contribution is 2.12. The first-order chi connectivity index (χ1) is 6.49. The van der Waals surface area contributed by atoms with Gasteiger partial charge in [0.2, 0.25) is 0 Å². The topological polar surface area (TPSA) is 23.9 Å². The maximum atomic E-state index is 7.88. The zero-order chi connectivity index (χ0) is 11.1. The minimum Gasteiger partial charge on any atom is -0.300 e. The van der Waals surface area contributed by atoms with Crippen LogP contribution in [0.2, 0.25) is 0 Å². The van der Waals surface area contributed by atoms with E-state index in [1.165, 1.54) is 0 Å². The molecule has 0 amide bonds. The highest BCUT2D eigenvalue weighted by atomic mass is 14.4. The quantitative estimate of drug-likeness (QED) is 0.606. The first-order valence-electron chi connectivity index (χ1n) is 5.42. The highest BCUT2D eigenvalue weighted by molar-refractivity contribution is 6.09. The van der Waals surface area contributed by atoms with E-state index in [0.29, 0.717) is 11.6 Å². The molecule has 0 aromatic rings. The third kappa shape index (κ3) is 5.00. The maximum absolute atomic E-state index is 7.88. The molecule has 0 aliphatic heterocycles. The Morgan fingerprint density at radius 1 is 1.43 bits per heavy atom. The van der Waals surface area contributed by atoms with Gasteiger partial charge < -0.3 is 5.41 Å². The molecular weight excluding hydrogens is 170 g/mol. The average molecular weight is 193 g/mol. The molecule has 0 aromatic heterocycles. The molecule has 0 aliphatic carbocycles. The Hall–Kier alpha value is -0.850. The SMILES string of the molecule is C=C(CCC)C(=N)/C(C)=C\CC(C)C. The largest absolute Gasteiger partial charge is 0.300 e. The van der Waals surface area contributed by atoms with Gasteiger partial charge in [0, 0.05) is 0 Å². The molecule has 1 heteroatoms. The Labute approximate surface area is 88.4 Å². The van der Waals surface area contributed by atoms with E-state index >= 15 is 0 Å². The van der Waals surface area contributed by atoms with Crippen LogP contribution in [0.15, 0.2) is 23.8 Å². The van der Waals surface area contributed by atoms with Gasteiger partial charge in [0.1, 0.15) is 0 Å². The second-order valence-electron chi connectivity index (χ2n) is 4.25. The molecular formula is C13H23N. The van der Waals surface area contributed by atoms with Gasteiger partial charge >= 0.3 is 0 Å². The lowest BCUT2D eigenvalue weighted by molar-refractivity contribution is 0.662. The first kappa shape index (κ1) is 13.2. The Morgan fingerprint density at radius 2 is 2.00 bits per heavy atom. The summed E-state index contributed by atoms with van der Waals surface area (Å²) in [5.74, 6) is 0.664. The second kappa shape index (κ2) is 6.58. The molecule has 1 N–H and O–H groups in total. The van der Waals surface area contributed by atoms with E-state index in [1.54, 1.807) is 0 Å². The summed E-state index contributed by atoms with van der Waals surface area (Å²) in [6.07, 6.45) is 5.20. The molecule has 0 saturated heterocycles. The smallest absolute Gasteiger partial charge is 0.0591 e. The molecule has 0 atom stereocenters. The van der Waals surface area contributed by atoms with E-state index in [0.717, 1.165) is 30.4 Å². The van der Waals surface area contributed by atoms with E-state index in [9.17, 15) is 0 Å². The van der Waals surface area contributed by atoms with Crippen LogP contribution in [-0.4, -0.2) is 5.71 Å². The van der Waals surface area contributed by atoms with Crippen LogP contribution in [-0.2, 0) is 0 Å². The summed E-state index contributed by atoms with van der Waals surface area (Å²) in [6, 6.07) is 0. The second-order valence-corrected chi connectivity index (χ2v) is 4.25. The van der Waals surface area contributed by atoms with Gasteiger partial charge in [-0.05, 0) is 36.8 Å². The average Bonchev–Trinajstić information content (AvgIpc) is 2.13. The Kier molecular flexibility index (Phi) is 6.18. The number of allylic oxidation sites excluding steroid dienone is 3. The predicted molar refractivity (Wildman–Crippen MR) is 65.0 cm³/mol. The minimum atomic E-state index is 0.632. The molecule has 0 aromatic carbocycles. The Bertz CT molecular complexity index is 234. The first-order valence-corrected chi connectivity index (χ1v) is 5.42. The molecule has 0 radical (unpaired) electrons. The zero-order valence-corrected chi connectivity index (χ0v) is 9.98. The minimum absolute atomic E-state index is 0.632. The summed E-state index contributed by atoms with van der Waals surface area (Å²) in [5, 5.41) is 7.88. The van der Waals surface area contributed by atoms with Gasteiger partial charge in [-0.2, -0.15) is 0 Å². The summed E-state index contributed by atoms with van der Waals surface area (Å²) in [7, 11) is 0. The molecule has 0 fully saturated rings. The highest BCUT2D eigenvalue weighted by Gasteiger charge is 2.03. The number of rotatable bonds is 6.